The zero-order valence-corrected chi connectivity index (χ0v) is 15.0. The van der Waals surface area contributed by atoms with Crippen LogP contribution in [0.1, 0.15) is 90.9 Å². The number of hydrogen-bond donors (Lipinski definition) is 0. The Bertz CT molecular complexity index is 316. The molecule has 0 N–H and O–H groups in total. The van der Waals surface area contributed by atoms with Crippen molar-refractivity contribution in [3.63, 3.8) is 0 Å². The predicted molar refractivity (Wildman–Crippen MR) is 96.0 cm³/mol. The van der Waals surface area contributed by atoms with Gasteiger partial charge in [0.05, 0.1) is 7.11 Å². The molecule has 128 valence electrons. The lowest BCUT2D eigenvalue weighted by Gasteiger charge is -2.00. The van der Waals surface area contributed by atoms with Crippen molar-refractivity contribution >= 4 is 5.97 Å². The van der Waals surface area contributed by atoms with Gasteiger partial charge in [-0.25, -0.2) is 0 Å². The summed E-state index contributed by atoms with van der Waals surface area (Å²) < 4.78 is 4.63. The molecule has 0 aromatic heterocycles. The van der Waals surface area contributed by atoms with E-state index in [0.29, 0.717) is 6.42 Å². The van der Waals surface area contributed by atoms with E-state index >= 15 is 0 Å². The molecule has 22 heavy (non-hydrogen) atoms. The zero-order chi connectivity index (χ0) is 16.5. The minimum atomic E-state index is -0.0833. The van der Waals surface area contributed by atoms with Gasteiger partial charge in [0, 0.05) is 6.42 Å². The molecule has 0 unspecified atom stereocenters. The summed E-state index contributed by atoms with van der Waals surface area (Å²) in [4.78, 5) is 10.9. The van der Waals surface area contributed by atoms with Crippen LogP contribution in [-0.4, -0.2) is 13.1 Å². The molecular formula is C20H36O2. The Balaban J connectivity index is 3.43. The van der Waals surface area contributed by atoms with Crippen LogP contribution in [0.25, 0.3) is 0 Å². The third kappa shape index (κ3) is 15.3. The first-order valence-electron chi connectivity index (χ1n) is 9.10. The number of hydrogen-bond acceptors (Lipinski definition) is 2. The lowest BCUT2D eigenvalue weighted by Crippen LogP contribution is -1.99. The van der Waals surface area contributed by atoms with Gasteiger partial charge in [-0.1, -0.05) is 69.2 Å². The summed E-state index contributed by atoms with van der Waals surface area (Å²) in [6.45, 7) is 4.45. The fourth-order valence-electron chi connectivity index (χ4n) is 2.40. The van der Waals surface area contributed by atoms with Gasteiger partial charge in [-0.2, -0.15) is 0 Å². The van der Waals surface area contributed by atoms with Crippen LogP contribution in [-0.2, 0) is 9.53 Å². The number of rotatable bonds is 14. The lowest BCUT2D eigenvalue weighted by molar-refractivity contribution is -0.140. The minimum absolute atomic E-state index is 0.0833. The van der Waals surface area contributed by atoms with Crippen LogP contribution in [0, 0.1) is 0 Å². The Morgan fingerprint density at radius 2 is 1.55 bits per heavy atom. The van der Waals surface area contributed by atoms with Gasteiger partial charge in [-0.05, 0) is 39.0 Å². The number of ether oxygens (including phenoxy) is 1. The summed E-state index contributed by atoms with van der Waals surface area (Å²) in [5.41, 5.74) is 1.39. The summed E-state index contributed by atoms with van der Waals surface area (Å²) in [7, 11) is 1.46. The maximum atomic E-state index is 10.9. The molecule has 0 aliphatic carbocycles. The van der Waals surface area contributed by atoms with Gasteiger partial charge in [-0.3, -0.25) is 4.79 Å². The van der Waals surface area contributed by atoms with E-state index in [2.05, 4.69) is 36.8 Å². The van der Waals surface area contributed by atoms with E-state index < -0.39 is 0 Å². The fourth-order valence-corrected chi connectivity index (χ4v) is 2.40. The smallest absolute Gasteiger partial charge is 0.305 e. The van der Waals surface area contributed by atoms with Crippen LogP contribution in [0.5, 0.6) is 0 Å². The van der Waals surface area contributed by atoms with Crippen LogP contribution in [0.3, 0.4) is 0 Å². The van der Waals surface area contributed by atoms with Crippen molar-refractivity contribution in [2.24, 2.45) is 0 Å². The van der Waals surface area contributed by atoms with E-state index in [4.69, 9.17) is 0 Å². The molecule has 0 aromatic rings. The average molecular weight is 309 g/mol. The highest BCUT2D eigenvalue weighted by Crippen LogP contribution is 2.10. The Morgan fingerprint density at radius 1 is 0.909 bits per heavy atom. The number of carbonyl (C=O) groups is 1. The maximum absolute atomic E-state index is 10.9. The molecule has 0 rings (SSSR count). The molecule has 0 aliphatic rings. The monoisotopic (exact) mass is 308 g/mol. The summed E-state index contributed by atoms with van der Waals surface area (Å²) in [6, 6.07) is 0. The third-order valence-corrected chi connectivity index (χ3v) is 3.88. The number of carbonyl (C=O) groups excluding carboxylic acids is 1. The van der Waals surface area contributed by atoms with Crippen molar-refractivity contribution in [1.82, 2.24) is 0 Å². The van der Waals surface area contributed by atoms with E-state index in [1.165, 1.54) is 70.5 Å². The molecule has 0 aromatic carbocycles. The molecule has 0 saturated carbocycles. The number of allylic oxidation sites excluding steroid dienone is 4. The molecule has 2 nitrogen and oxygen atoms in total. The van der Waals surface area contributed by atoms with E-state index in [-0.39, 0.29) is 5.97 Å². The first-order chi connectivity index (χ1) is 10.7. The van der Waals surface area contributed by atoms with Gasteiger partial charge in [0.25, 0.3) is 0 Å². The quantitative estimate of drug-likeness (QED) is 0.212. The Hall–Kier alpha value is -1.05. The van der Waals surface area contributed by atoms with Gasteiger partial charge < -0.3 is 4.74 Å². The first-order valence-corrected chi connectivity index (χ1v) is 9.10. The van der Waals surface area contributed by atoms with E-state index in [0.717, 1.165) is 12.8 Å². The molecule has 0 heterocycles. The molecule has 0 saturated heterocycles. The second-order valence-electron chi connectivity index (χ2n) is 6.08. The molecular weight excluding hydrogens is 272 g/mol. The number of methoxy groups -OCH3 is 1. The zero-order valence-electron chi connectivity index (χ0n) is 15.0. The van der Waals surface area contributed by atoms with Crippen molar-refractivity contribution < 1.29 is 9.53 Å². The predicted octanol–water partition coefficient (Wildman–Crippen LogP) is 6.36. The van der Waals surface area contributed by atoms with Crippen LogP contribution in [0.2, 0.25) is 0 Å². The van der Waals surface area contributed by atoms with Crippen LogP contribution >= 0.6 is 0 Å². The summed E-state index contributed by atoms with van der Waals surface area (Å²) in [5, 5.41) is 0. The van der Waals surface area contributed by atoms with Crippen molar-refractivity contribution in [2.45, 2.75) is 90.9 Å². The summed E-state index contributed by atoms with van der Waals surface area (Å²) in [5.74, 6) is -0.0833. The highest BCUT2D eigenvalue weighted by Gasteiger charge is 1.98. The molecule has 0 bridgehead atoms. The second-order valence-corrected chi connectivity index (χ2v) is 6.08. The minimum Gasteiger partial charge on any atom is -0.469 e. The van der Waals surface area contributed by atoms with Gasteiger partial charge in [0.2, 0.25) is 0 Å². The van der Waals surface area contributed by atoms with E-state index in [1.54, 1.807) is 0 Å². The third-order valence-electron chi connectivity index (χ3n) is 3.88. The Morgan fingerprint density at radius 3 is 2.27 bits per heavy atom. The number of esters is 1. The van der Waals surface area contributed by atoms with Crippen molar-refractivity contribution in [3.05, 3.63) is 23.8 Å². The van der Waals surface area contributed by atoms with Crippen LogP contribution in [0.15, 0.2) is 23.8 Å². The van der Waals surface area contributed by atoms with Crippen molar-refractivity contribution in [1.29, 1.82) is 0 Å². The average Bonchev–Trinajstić information content (AvgIpc) is 2.52. The molecule has 0 spiro atoms. The van der Waals surface area contributed by atoms with Crippen LogP contribution in [0.4, 0.5) is 0 Å². The molecule has 0 aliphatic heterocycles. The van der Waals surface area contributed by atoms with Crippen molar-refractivity contribution in [2.75, 3.05) is 7.11 Å². The van der Waals surface area contributed by atoms with E-state index in [1.807, 2.05) is 0 Å². The van der Waals surface area contributed by atoms with Gasteiger partial charge in [-0.15, -0.1) is 0 Å². The topological polar surface area (TPSA) is 26.3 Å². The fraction of sp³-hybridized carbons (Fsp3) is 0.750. The highest BCUT2D eigenvalue weighted by atomic mass is 16.5. The Labute approximate surface area is 138 Å². The summed E-state index contributed by atoms with van der Waals surface area (Å²) >= 11 is 0. The Kier molecular flexibility index (Phi) is 15.5. The van der Waals surface area contributed by atoms with Gasteiger partial charge in [0.15, 0.2) is 0 Å². The molecule has 0 fully saturated rings. The van der Waals surface area contributed by atoms with Crippen molar-refractivity contribution in [3.8, 4) is 0 Å². The standard InChI is InChI=1S/C20H36O2/c1-4-5-6-7-10-13-16-19(2)17-14-11-8-9-12-15-18-20(21)22-3/h13,16-17H,4-12,14-15,18H2,1-3H3/b16-13+,19-17+. The molecule has 0 radical (unpaired) electrons. The highest BCUT2D eigenvalue weighted by molar-refractivity contribution is 5.68. The molecule has 0 amide bonds. The first kappa shape index (κ1) is 20.9. The molecule has 2 heteroatoms. The largest absolute Gasteiger partial charge is 0.469 e. The second kappa shape index (κ2) is 16.3. The maximum Gasteiger partial charge on any atom is 0.305 e. The number of unbranched alkanes of at least 4 members (excludes halogenated alkanes) is 9. The van der Waals surface area contributed by atoms with Gasteiger partial charge >= 0.3 is 5.97 Å². The lowest BCUT2D eigenvalue weighted by atomic mass is 10.1. The summed E-state index contributed by atoms with van der Waals surface area (Å²) in [6.07, 6.45) is 21.1. The normalized spacial score (nSPS) is 12.0. The van der Waals surface area contributed by atoms with E-state index in [9.17, 15) is 4.79 Å². The molecule has 0 atom stereocenters. The van der Waals surface area contributed by atoms with Gasteiger partial charge in [0.1, 0.15) is 0 Å². The van der Waals surface area contributed by atoms with Crippen LogP contribution < -0.4 is 0 Å². The SMILES string of the molecule is CCCCCC/C=C/C(C)=C/CCCCCCCC(=O)OC.